The average Bonchev–Trinajstić information content (AvgIpc) is 2.53. The van der Waals surface area contributed by atoms with Gasteiger partial charge in [-0.1, -0.05) is 6.07 Å². The Bertz CT molecular complexity index is 628. The largest absolute Gasteiger partial charge is 0.379 e. The molecule has 1 saturated heterocycles. The number of nitro groups is 1. The van der Waals surface area contributed by atoms with E-state index in [0.717, 1.165) is 19.2 Å². The summed E-state index contributed by atoms with van der Waals surface area (Å²) in [5, 5.41) is 10.8. The molecular weight excluding hydrogens is 310 g/mol. The maximum absolute atomic E-state index is 12.4. The highest BCUT2D eigenvalue weighted by Crippen LogP contribution is 2.20. The zero-order chi connectivity index (χ0) is 16.2. The van der Waals surface area contributed by atoms with E-state index in [-0.39, 0.29) is 10.6 Å². The zero-order valence-electron chi connectivity index (χ0n) is 12.3. The van der Waals surface area contributed by atoms with Crippen LogP contribution < -0.4 is 0 Å². The van der Waals surface area contributed by atoms with Crippen LogP contribution in [0, 0.1) is 10.1 Å². The van der Waals surface area contributed by atoms with E-state index in [9.17, 15) is 18.5 Å². The van der Waals surface area contributed by atoms with Gasteiger partial charge in [-0.15, -0.1) is 0 Å². The number of likely N-dealkylation sites (N-methyl/N-ethyl adjacent to an activating group) is 1. The SMILES string of the molecule is CN(CCN1CCOCC1)S(=O)(=O)c1cccc([N+](=O)[O-])c1. The van der Waals surface area contributed by atoms with E-state index in [4.69, 9.17) is 4.74 Å². The molecule has 0 amide bonds. The van der Waals surface area contributed by atoms with Gasteiger partial charge in [-0.25, -0.2) is 8.42 Å². The third kappa shape index (κ3) is 4.01. The summed E-state index contributed by atoms with van der Waals surface area (Å²) in [6.07, 6.45) is 0. The Balaban J connectivity index is 2.05. The summed E-state index contributed by atoms with van der Waals surface area (Å²) in [7, 11) is -2.24. The first kappa shape index (κ1) is 16.8. The molecule has 1 aromatic carbocycles. The lowest BCUT2D eigenvalue weighted by Gasteiger charge is -2.28. The van der Waals surface area contributed by atoms with Gasteiger partial charge in [-0.2, -0.15) is 4.31 Å². The molecule has 0 aliphatic carbocycles. The van der Waals surface area contributed by atoms with Crippen LogP contribution in [0.15, 0.2) is 29.2 Å². The van der Waals surface area contributed by atoms with E-state index in [1.165, 1.54) is 29.6 Å². The fraction of sp³-hybridized carbons (Fsp3) is 0.538. The molecule has 0 aromatic heterocycles. The Morgan fingerprint density at radius 3 is 2.68 bits per heavy atom. The van der Waals surface area contributed by atoms with Gasteiger partial charge in [-0.3, -0.25) is 15.0 Å². The average molecular weight is 329 g/mol. The number of sulfonamides is 1. The Hall–Kier alpha value is -1.55. The lowest BCUT2D eigenvalue weighted by molar-refractivity contribution is -0.385. The van der Waals surface area contributed by atoms with Crippen LogP contribution in [0.25, 0.3) is 0 Å². The minimum Gasteiger partial charge on any atom is -0.379 e. The van der Waals surface area contributed by atoms with Gasteiger partial charge in [0.15, 0.2) is 0 Å². The van der Waals surface area contributed by atoms with Crippen molar-refractivity contribution in [3.8, 4) is 0 Å². The second kappa shape index (κ2) is 7.14. The summed E-state index contributed by atoms with van der Waals surface area (Å²) in [4.78, 5) is 12.2. The van der Waals surface area contributed by atoms with Crippen molar-refractivity contribution in [2.75, 3.05) is 46.4 Å². The Labute approximate surface area is 129 Å². The van der Waals surface area contributed by atoms with Crippen molar-refractivity contribution in [1.29, 1.82) is 0 Å². The first-order chi connectivity index (χ1) is 10.4. The summed E-state index contributed by atoms with van der Waals surface area (Å²) in [6, 6.07) is 5.10. The van der Waals surface area contributed by atoms with E-state index < -0.39 is 14.9 Å². The molecule has 0 saturated carbocycles. The molecule has 9 heteroatoms. The standard InChI is InChI=1S/C13H19N3O5S/c1-14(5-6-15-7-9-21-10-8-15)22(19,20)13-4-2-3-12(11-13)16(17)18/h2-4,11H,5-10H2,1H3. The van der Waals surface area contributed by atoms with Gasteiger partial charge >= 0.3 is 0 Å². The van der Waals surface area contributed by atoms with Crippen molar-refractivity contribution < 1.29 is 18.1 Å². The van der Waals surface area contributed by atoms with Crippen molar-refractivity contribution in [3.05, 3.63) is 34.4 Å². The molecule has 122 valence electrons. The topological polar surface area (TPSA) is 93.0 Å². The van der Waals surface area contributed by atoms with Crippen LogP contribution in [0.4, 0.5) is 5.69 Å². The highest BCUT2D eigenvalue weighted by molar-refractivity contribution is 7.89. The lowest BCUT2D eigenvalue weighted by atomic mass is 10.3. The Morgan fingerprint density at radius 1 is 1.36 bits per heavy atom. The van der Waals surface area contributed by atoms with Crippen LogP contribution in [0.2, 0.25) is 0 Å². The molecule has 2 rings (SSSR count). The summed E-state index contributed by atoms with van der Waals surface area (Å²) in [5.41, 5.74) is -0.234. The quantitative estimate of drug-likeness (QED) is 0.559. The third-order valence-corrected chi connectivity index (χ3v) is 5.42. The van der Waals surface area contributed by atoms with Gasteiger partial charge in [0.05, 0.1) is 23.0 Å². The number of morpholine rings is 1. The van der Waals surface area contributed by atoms with Gasteiger partial charge < -0.3 is 4.74 Å². The second-order valence-electron chi connectivity index (χ2n) is 5.04. The number of ether oxygens (including phenoxy) is 1. The maximum atomic E-state index is 12.4. The fourth-order valence-corrected chi connectivity index (χ4v) is 3.37. The van der Waals surface area contributed by atoms with Crippen LogP contribution in [-0.4, -0.2) is 69.0 Å². The van der Waals surface area contributed by atoms with Gasteiger partial charge in [0.2, 0.25) is 10.0 Å². The minimum absolute atomic E-state index is 0.0637. The lowest BCUT2D eigenvalue weighted by Crippen LogP contribution is -2.41. The first-order valence-corrected chi connectivity index (χ1v) is 8.36. The van der Waals surface area contributed by atoms with E-state index in [0.29, 0.717) is 26.3 Å². The number of hydrogen-bond donors (Lipinski definition) is 0. The number of benzene rings is 1. The number of non-ortho nitro benzene ring substituents is 1. The molecule has 1 aromatic rings. The molecule has 1 fully saturated rings. The number of rotatable bonds is 6. The van der Waals surface area contributed by atoms with Gasteiger partial charge in [0.25, 0.3) is 5.69 Å². The van der Waals surface area contributed by atoms with E-state index in [1.54, 1.807) is 0 Å². The van der Waals surface area contributed by atoms with Crippen LogP contribution in [-0.2, 0) is 14.8 Å². The molecule has 0 radical (unpaired) electrons. The number of nitrogens with zero attached hydrogens (tertiary/aromatic N) is 3. The molecular formula is C13H19N3O5S. The molecule has 0 bridgehead atoms. The van der Waals surface area contributed by atoms with E-state index >= 15 is 0 Å². The van der Waals surface area contributed by atoms with Crippen molar-refractivity contribution >= 4 is 15.7 Å². The smallest absolute Gasteiger partial charge is 0.270 e. The monoisotopic (exact) mass is 329 g/mol. The minimum atomic E-state index is -3.72. The summed E-state index contributed by atoms with van der Waals surface area (Å²) >= 11 is 0. The highest BCUT2D eigenvalue weighted by atomic mass is 32.2. The highest BCUT2D eigenvalue weighted by Gasteiger charge is 2.23. The molecule has 1 heterocycles. The van der Waals surface area contributed by atoms with Crippen LogP contribution in [0.5, 0.6) is 0 Å². The summed E-state index contributed by atoms with van der Waals surface area (Å²) in [6.45, 7) is 3.80. The van der Waals surface area contributed by atoms with Gasteiger partial charge in [0, 0.05) is 45.4 Å². The summed E-state index contributed by atoms with van der Waals surface area (Å²) in [5.74, 6) is 0. The van der Waals surface area contributed by atoms with Crippen molar-refractivity contribution in [2.24, 2.45) is 0 Å². The molecule has 0 N–H and O–H groups in total. The molecule has 8 nitrogen and oxygen atoms in total. The Morgan fingerprint density at radius 2 is 2.05 bits per heavy atom. The zero-order valence-corrected chi connectivity index (χ0v) is 13.2. The van der Waals surface area contributed by atoms with Crippen LogP contribution in [0.3, 0.4) is 0 Å². The first-order valence-electron chi connectivity index (χ1n) is 6.92. The van der Waals surface area contributed by atoms with E-state index in [1.807, 2.05) is 0 Å². The maximum Gasteiger partial charge on any atom is 0.270 e. The van der Waals surface area contributed by atoms with Gasteiger partial charge in [-0.05, 0) is 6.07 Å². The van der Waals surface area contributed by atoms with E-state index in [2.05, 4.69) is 4.90 Å². The normalized spacial score (nSPS) is 16.8. The predicted molar refractivity (Wildman–Crippen MR) is 80.2 cm³/mol. The van der Waals surface area contributed by atoms with Crippen LogP contribution in [0.1, 0.15) is 0 Å². The van der Waals surface area contributed by atoms with Crippen molar-refractivity contribution in [2.45, 2.75) is 4.90 Å². The van der Waals surface area contributed by atoms with Crippen LogP contribution >= 0.6 is 0 Å². The van der Waals surface area contributed by atoms with Crippen molar-refractivity contribution in [3.63, 3.8) is 0 Å². The second-order valence-corrected chi connectivity index (χ2v) is 7.08. The predicted octanol–water partition coefficient (Wildman–Crippen LogP) is 0.548. The third-order valence-electron chi connectivity index (χ3n) is 3.57. The number of hydrogen-bond acceptors (Lipinski definition) is 6. The molecule has 22 heavy (non-hydrogen) atoms. The molecule has 0 atom stereocenters. The fourth-order valence-electron chi connectivity index (χ4n) is 2.16. The summed E-state index contributed by atoms with van der Waals surface area (Å²) < 4.78 is 31.3. The molecule has 1 aliphatic rings. The number of nitro benzene ring substituents is 1. The molecule has 0 unspecified atom stereocenters. The Kier molecular flexibility index (Phi) is 5.46. The molecule has 0 spiro atoms. The molecule has 1 aliphatic heterocycles. The van der Waals surface area contributed by atoms with Crippen molar-refractivity contribution in [1.82, 2.24) is 9.21 Å². The van der Waals surface area contributed by atoms with Gasteiger partial charge in [0.1, 0.15) is 0 Å².